The first-order valence-corrected chi connectivity index (χ1v) is 9.04. The molecule has 1 amide bonds. The number of hydrogen-bond donors (Lipinski definition) is 1. The summed E-state index contributed by atoms with van der Waals surface area (Å²) in [5, 5.41) is 11.6. The van der Waals surface area contributed by atoms with Crippen molar-refractivity contribution >= 4 is 34.4 Å². The van der Waals surface area contributed by atoms with E-state index in [1.165, 1.54) is 11.8 Å². The van der Waals surface area contributed by atoms with Crippen molar-refractivity contribution in [1.82, 2.24) is 15.0 Å². The van der Waals surface area contributed by atoms with E-state index in [4.69, 9.17) is 0 Å². The minimum absolute atomic E-state index is 0.0151. The number of thioether (sulfide) groups is 1. The predicted molar refractivity (Wildman–Crippen MR) is 98.9 cm³/mol. The van der Waals surface area contributed by atoms with Crippen LogP contribution in [0.1, 0.15) is 13.8 Å². The van der Waals surface area contributed by atoms with E-state index in [0.717, 1.165) is 16.7 Å². The molecule has 0 spiro atoms. The Labute approximate surface area is 145 Å². The molecule has 0 aliphatic carbocycles. The average Bonchev–Trinajstić information content (AvgIpc) is 3.01. The first kappa shape index (κ1) is 16.5. The highest BCUT2D eigenvalue weighted by Gasteiger charge is 2.45. The van der Waals surface area contributed by atoms with Gasteiger partial charge in [-0.05, 0) is 36.4 Å². The molecule has 1 atom stereocenters. The molecule has 6 heteroatoms. The number of hydrogen-bond acceptors (Lipinski definition) is 4. The van der Waals surface area contributed by atoms with E-state index in [0.29, 0.717) is 0 Å². The molecule has 0 radical (unpaired) electrons. The van der Waals surface area contributed by atoms with Crippen LogP contribution in [0, 0.1) is 5.92 Å². The Morgan fingerprint density at radius 3 is 2.46 bits per heavy atom. The van der Waals surface area contributed by atoms with E-state index in [2.05, 4.69) is 15.6 Å². The largest absolute Gasteiger partial charge is 0.323 e. The highest BCUT2D eigenvalue weighted by atomic mass is 32.2. The van der Waals surface area contributed by atoms with E-state index >= 15 is 0 Å². The Morgan fingerprint density at radius 1 is 1.12 bits per heavy atom. The summed E-state index contributed by atoms with van der Waals surface area (Å²) in [6.45, 7) is 4.05. The second kappa shape index (κ2) is 6.65. The van der Waals surface area contributed by atoms with E-state index in [1.807, 2.05) is 74.7 Å². The molecule has 0 saturated heterocycles. The molecule has 2 aromatic carbocycles. The smallest absolute Gasteiger partial charge is 0.263 e. The maximum Gasteiger partial charge on any atom is 0.263 e. The molecule has 5 nitrogen and oxygen atoms in total. The van der Waals surface area contributed by atoms with Gasteiger partial charge in [0, 0.05) is 5.69 Å². The molecular weight excluding hydrogens is 320 g/mol. The summed E-state index contributed by atoms with van der Waals surface area (Å²) >= 11 is 1.47. The highest BCUT2D eigenvalue weighted by molar-refractivity contribution is 8.00. The minimum atomic E-state index is -0.883. The summed E-state index contributed by atoms with van der Waals surface area (Å²) in [4.78, 5) is 12.3. The van der Waals surface area contributed by atoms with Crippen LogP contribution in [0.5, 0.6) is 0 Å². The van der Waals surface area contributed by atoms with Crippen LogP contribution in [-0.2, 0) is 9.67 Å². The van der Waals surface area contributed by atoms with Crippen molar-refractivity contribution in [3.05, 3.63) is 54.6 Å². The fourth-order valence-electron chi connectivity index (χ4n) is 2.87. The van der Waals surface area contributed by atoms with E-state index < -0.39 is 4.87 Å². The molecule has 3 rings (SSSR count). The van der Waals surface area contributed by atoms with Gasteiger partial charge in [0.25, 0.3) is 5.91 Å². The predicted octanol–water partition coefficient (Wildman–Crippen LogP) is 3.74. The van der Waals surface area contributed by atoms with Gasteiger partial charge in [-0.3, -0.25) is 4.79 Å². The van der Waals surface area contributed by atoms with E-state index in [-0.39, 0.29) is 11.8 Å². The van der Waals surface area contributed by atoms with Gasteiger partial charge in [-0.15, -0.1) is 16.9 Å². The zero-order valence-corrected chi connectivity index (χ0v) is 14.7. The van der Waals surface area contributed by atoms with Gasteiger partial charge in [-0.2, -0.15) is 0 Å². The van der Waals surface area contributed by atoms with Crippen LogP contribution in [0.4, 0.5) is 5.69 Å². The van der Waals surface area contributed by atoms with Crippen molar-refractivity contribution in [1.29, 1.82) is 0 Å². The lowest BCUT2D eigenvalue weighted by atomic mass is 10.0. The molecular formula is C18H20N4OS. The lowest BCUT2D eigenvalue weighted by molar-refractivity contribution is -0.122. The number of carbonyl (C=O) groups excluding carboxylic acids is 1. The average molecular weight is 340 g/mol. The van der Waals surface area contributed by atoms with Gasteiger partial charge in [0.15, 0.2) is 4.87 Å². The zero-order valence-electron chi connectivity index (χ0n) is 13.9. The lowest BCUT2D eigenvalue weighted by Crippen LogP contribution is -2.47. The van der Waals surface area contributed by atoms with Gasteiger partial charge in [-0.1, -0.05) is 49.4 Å². The van der Waals surface area contributed by atoms with Crippen molar-refractivity contribution in [3.8, 4) is 0 Å². The molecule has 3 aromatic rings. The van der Waals surface area contributed by atoms with Crippen molar-refractivity contribution in [2.45, 2.75) is 18.7 Å². The molecule has 124 valence electrons. The number of amides is 1. The Balaban J connectivity index is 2.09. The SMILES string of the molecule is CSC(C(=O)Nc1ccccc1)(C(C)C)n1nnc2ccccc21. The summed E-state index contributed by atoms with van der Waals surface area (Å²) in [7, 11) is 0. The number of nitrogens with zero attached hydrogens (tertiary/aromatic N) is 3. The third-order valence-electron chi connectivity index (χ3n) is 4.12. The lowest BCUT2D eigenvalue weighted by Gasteiger charge is -2.34. The maximum atomic E-state index is 13.2. The number of nitrogens with one attached hydrogen (secondary N) is 1. The van der Waals surface area contributed by atoms with Gasteiger partial charge >= 0.3 is 0 Å². The maximum absolute atomic E-state index is 13.2. The molecule has 1 aromatic heterocycles. The third kappa shape index (κ3) is 2.67. The summed E-state index contributed by atoms with van der Waals surface area (Å²) in [5.41, 5.74) is 2.40. The fraction of sp³-hybridized carbons (Fsp3) is 0.278. The Morgan fingerprint density at radius 2 is 1.79 bits per heavy atom. The fourth-order valence-corrected chi connectivity index (χ4v) is 3.89. The standard InChI is InChI=1S/C18H20N4OS/c1-13(2)18(24-3,17(23)19-14-9-5-4-6-10-14)22-16-12-8-7-11-15(16)20-21-22/h4-13H,1-3H3,(H,19,23). The first-order chi connectivity index (χ1) is 11.6. The molecule has 0 fully saturated rings. The number of fused-ring (bicyclic) bond motifs is 1. The number of carbonyl (C=O) groups is 1. The number of anilines is 1. The summed E-state index contributed by atoms with van der Waals surface area (Å²) in [6.07, 6.45) is 1.93. The molecule has 1 unspecified atom stereocenters. The second-order valence-corrected chi connectivity index (χ2v) is 6.90. The van der Waals surface area contributed by atoms with E-state index in [1.54, 1.807) is 4.68 Å². The van der Waals surface area contributed by atoms with Crippen molar-refractivity contribution < 1.29 is 4.79 Å². The number of para-hydroxylation sites is 2. The molecule has 0 aliphatic heterocycles. The van der Waals surface area contributed by atoms with Crippen LogP contribution in [0.15, 0.2) is 54.6 Å². The third-order valence-corrected chi connectivity index (χ3v) is 5.57. The quantitative estimate of drug-likeness (QED) is 0.768. The number of benzene rings is 2. The summed E-state index contributed by atoms with van der Waals surface area (Å²) < 4.78 is 1.75. The van der Waals surface area contributed by atoms with Crippen LogP contribution in [0.3, 0.4) is 0 Å². The van der Waals surface area contributed by atoms with Crippen molar-refractivity contribution in [2.75, 3.05) is 11.6 Å². The molecule has 24 heavy (non-hydrogen) atoms. The molecule has 1 heterocycles. The van der Waals surface area contributed by atoms with Crippen molar-refractivity contribution in [2.24, 2.45) is 5.92 Å². The van der Waals surface area contributed by atoms with Crippen LogP contribution in [0.25, 0.3) is 11.0 Å². The van der Waals surface area contributed by atoms with E-state index in [9.17, 15) is 4.79 Å². The molecule has 0 bridgehead atoms. The van der Waals surface area contributed by atoms with Crippen LogP contribution < -0.4 is 5.32 Å². The van der Waals surface area contributed by atoms with Crippen LogP contribution in [-0.4, -0.2) is 27.2 Å². The number of rotatable bonds is 5. The Bertz CT molecular complexity index is 846. The molecule has 0 aliphatic rings. The van der Waals surface area contributed by atoms with Gasteiger partial charge < -0.3 is 5.32 Å². The topological polar surface area (TPSA) is 59.8 Å². The highest BCUT2D eigenvalue weighted by Crippen LogP contribution is 2.39. The van der Waals surface area contributed by atoms with Crippen LogP contribution in [0.2, 0.25) is 0 Å². The Hall–Kier alpha value is -2.34. The minimum Gasteiger partial charge on any atom is -0.323 e. The first-order valence-electron chi connectivity index (χ1n) is 7.82. The van der Waals surface area contributed by atoms with Gasteiger partial charge in [0.1, 0.15) is 5.52 Å². The zero-order chi connectivity index (χ0) is 17.2. The summed E-state index contributed by atoms with van der Waals surface area (Å²) in [6, 6.07) is 17.2. The van der Waals surface area contributed by atoms with Crippen LogP contribution >= 0.6 is 11.8 Å². The van der Waals surface area contributed by atoms with Crippen molar-refractivity contribution in [3.63, 3.8) is 0 Å². The monoisotopic (exact) mass is 340 g/mol. The molecule has 0 saturated carbocycles. The summed E-state index contributed by atoms with van der Waals surface area (Å²) in [5.74, 6) is -0.0897. The molecule has 1 N–H and O–H groups in total. The normalized spacial score (nSPS) is 13.8. The number of aromatic nitrogens is 3. The van der Waals surface area contributed by atoms with Gasteiger partial charge in [0.2, 0.25) is 0 Å². The van der Waals surface area contributed by atoms with Gasteiger partial charge in [-0.25, -0.2) is 4.68 Å². The Kier molecular flexibility index (Phi) is 4.57. The van der Waals surface area contributed by atoms with Gasteiger partial charge in [0.05, 0.1) is 5.52 Å². The second-order valence-electron chi connectivity index (χ2n) is 5.87.